The van der Waals surface area contributed by atoms with Crippen LogP contribution in [0.2, 0.25) is 0 Å². The molecule has 0 spiro atoms. The second-order valence-electron chi connectivity index (χ2n) is 4.50. The number of nitriles is 1. The number of carbonyl (C=O) groups excluding carboxylic acids is 1. The largest absolute Gasteiger partial charge is 0.462 e. The number of rotatable bonds is 7. The van der Waals surface area contributed by atoms with Crippen LogP contribution in [-0.4, -0.2) is 12.6 Å². The van der Waals surface area contributed by atoms with Crippen LogP contribution in [0.4, 0.5) is 4.39 Å². The summed E-state index contributed by atoms with van der Waals surface area (Å²) in [5.41, 5.74) is 0.898. The average molecular weight is 315 g/mol. The van der Waals surface area contributed by atoms with E-state index < -0.39 is 11.8 Å². The highest BCUT2D eigenvalue weighted by molar-refractivity contribution is 5.94. The molecule has 0 bridgehead atoms. The minimum atomic E-state index is -0.699. The SMILES string of the molecule is C=C(Oc1cccc(C)c1C(=O)OCC)/C(F)=C\C=C/CC#N. The molecular formula is C18H18FNO3. The normalized spacial score (nSPS) is 11.1. The average Bonchev–Trinajstić information content (AvgIpc) is 2.51. The van der Waals surface area contributed by atoms with Crippen molar-refractivity contribution in [1.82, 2.24) is 0 Å². The summed E-state index contributed by atoms with van der Waals surface area (Å²) in [4.78, 5) is 12.0. The number of carbonyl (C=O) groups is 1. The molecule has 5 heteroatoms. The van der Waals surface area contributed by atoms with E-state index in [1.54, 1.807) is 32.0 Å². The van der Waals surface area contributed by atoms with Crippen LogP contribution in [-0.2, 0) is 4.74 Å². The van der Waals surface area contributed by atoms with Crippen LogP contribution in [0.15, 0.2) is 54.6 Å². The Balaban J connectivity index is 2.96. The van der Waals surface area contributed by atoms with Gasteiger partial charge < -0.3 is 9.47 Å². The summed E-state index contributed by atoms with van der Waals surface area (Å²) < 4.78 is 24.2. The maximum absolute atomic E-state index is 13.9. The third-order valence-corrected chi connectivity index (χ3v) is 2.80. The van der Waals surface area contributed by atoms with Gasteiger partial charge in [-0.1, -0.05) is 30.9 Å². The van der Waals surface area contributed by atoms with Gasteiger partial charge in [0.2, 0.25) is 0 Å². The van der Waals surface area contributed by atoms with Crippen molar-refractivity contribution >= 4 is 5.97 Å². The van der Waals surface area contributed by atoms with Gasteiger partial charge in [0.05, 0.1) is 19.1 Å². The summed E-state index contributed by atoms with van der Waals surface area (Å²) >= 11 is 0. The lowest BCUT2D eigenvalue weighted by atomic mass is 10.1. The standard InChI is InChI=1S/C18H18FNO3/c1-4-22-18(21)17-13(2)9-8-11-16(17)23-14(3)15(19)10-6-5-7-12-20/h5-6,8-11H,3-4,7H2,1-2H3/b6-5-,15-10+. The van der Waals surface area contributed by atoms with E-state index in [1.807, 2.05) is 6.07 Å². The molecule has 0 aliphatic heterocycles. The molecule has 0 atom stereocenters. The Morgan fingerprint density at radius 1 is 1.48 bits per heavy atom. The van der Waals surface area contributed by atoms with Crippen LogP contribution in [0.5, 0.6) is 5.75 Å². The van der Waals surface area contributed by atoms with Crippen molar-refractivity contribution in [1.29, 1.82) is 5.26 Å². The molecule has 0 unspecified atom stereocenters. The number of esters is 1. The number of ether oxygens (including phenoxy) is 2. The summed E-state index contributed by atoms with van der Waals surface area (Å²) in [6.45, 7) is 7.17. The van der Waals surface area contributed by atoms with Crippen LogP contribution in [0.3, 0.4) is 0 Å². The molecule has 1 aromatic rings. The molecule has 0 fully saturated rings. The maximum Gasteiger partial charge on any atom is 0.342 e. The molecule has 0 radical (unpaired) electrons. The van der Waals surface area contributed by atoms with Crippen LogP contribution >= 0.6 is 0 Å². The van der Waals surface area contributed by atoms with E-state index in [2.05, 4.69) is 6.58 Å². The predicted molar refractivity (Wildman–Crippen MR) is 85.5 cm³/mol. The fraction of sp³-hybridized carbons (Fsp3) is 0.222. The Bertz CT molecular complexity index is 684. The predicted octanol–water partition coefficient (Wildman–Crippen LogP) is 4.39. The lowest BCUT2D eigenvalue weighted by Gasteiger charge is -2.13. The van der Waals surface area contributed by atoms with E-state index in [9.17, 15) is 9.18 Å². The molecule has 4 nitrogen and oxygen atoms in total. The van der Waals surface area contributed by atoms with Gasteiger partial charge in [0.15, 0.2) is 11.6 Å². The monoisotopic (exact) mass is 315 g/mol. The van der Waals surface area contributed by atoms with Gasteiger partial charge in [0.1, 0.15) is 11.3 Å². The first kappa shape index (κ1) is 18.2. The zero-order valence-electron chi connectivity index (χ0n) is 13.1. The topological polar surface area (TPSA) is 59.3 Å². The van der Waals surface area contributed by atoms with E-state index in [-0.39, 0.29) is 30.1 Å². The highest BCUT2D eigenvalue weighted by Crippen LogP contribution is 2.26. The highest BCUT2D eigenvalue weighted by Gasteiger charge is 2.18. The van der Waals surface area contributed by atoms with Crippen molar-refractivity contribution in [3.63, 3.8) is 0 Å². The number of allylic oxidation sites excluding steroid dienone is 4. The summed E-state index contributed by atoms with van der Waals surface area (Å²) in [6, 6.07) is 6.87. The van der Waals surface area contributed by atoms with Gasteiger partial charge in [-0.05, 0) is 31.6 Å². The van der Waals surface area contributed by atoms with Crippen LogP contribution in [0.25, 0.3) is 0 Å². The first-order valence-corrected chi connectivity index (χ1v) is 7.04. The summed E-state index contributed by atoms with van der Waals surface area (Å²) in [6.07, 6.45) is 4.22. The first-order valence-electron chi connectivity index (χ1n) is 7.04. The minimum absolute atomic E-state index is 0.179. The number of hydrogen-bond donors (Lipinski definition) is 0. The molecule has 0 aliphatic carbocycles. The molecular weight excluding hydrogens is 297 g/mol. The van der Waals surface area contributed by atoms with Gasteiger partial charge >= 0.3 is 5.97 Å². The van der Waals surface area contributed by atoms with Crippen molar-refractivity contribution in [3.05, 3.63) is 65.7 Å². The minimum Gasteiger partial charge on any atom is -0.462 e. The number of hydrogen-bond acceptors (Lipinski definition) is 4. The van der Waals surface area contributed by atoms with Gasteiger partial charge in [0.25, 0.3) is 0 Å². The molecule has 0 aromatic heterocycles. The second kappa shape index (κ2) is 9.21. The zero-order chi connectivity index (χ0) is 17.2. The Morgan fingerprint density at radius 2 is 2.22 bits per heavy atom. The van der Waals surface area contributed by atoms with Gasteiger partial charge in [0, 0.05) is 0 Å². The maximum atomic E-state index is 13.9. The lowest BCUT2D eigenvalue weighted by Crippen LogP contribution is -2.09. The van der Waals surface area contributed by atoms with Crippen LogP contribution in [0, 0.1) is 18.3 Å². The van der Waals surface area contributed by atoms with Crippen molar-refractivity contribution in [3.8, 4) is 11.8 Å². The van der Waals surface area contributed by atoms with E-state index in [4.69, 9.17) is 14.7 Å². The molecule has 1 aromatic carbocycles. The van der Waals surface area contributed by atoms with Gasteiger partial charge in [-0.3, -0.25) is 0 Å². The fourth-order valence-corrected chi connectivity index (χ4v) is 1.74. The molecule has 1 rings (SSSR count). The van der Waals surface area contributed by atoms with Crippen molar-refractivity contribution in [2.75, 3.05) is 6.61 Å². The molecule has 0 saturated carbocycles. The fourth-order valence-electron chi connectivity index (χ4n) is 1.74. The molecule has 0 amide bonds. The Hall–Kier alpha value is -2.87. The second-order valence-corrected chi connectivity index (χ2v) is 4.50. The Morgan fingerprint density at radius 3 is 2.87 bits per heavy atom. The quantitative estimate of drug-likeness (QED) is 0.425. The highest BCUT2D eigenvalue weighted by atomic mass is 19.1. The molecule has 0 aliphatic rings. The summed E-state index contributed by atoms with van der Waals surface area (Å²) in [5, 5.41) is 8.39. The first-order chi connectivity index (χ1) is 11.0. The number of benzene rings is 1. The van der Waals surface area contributed by atoms with E-state index in [0.717, 1.165) is 6.08 Å². The van der Waals surface area contributed by atoms with Crippen molar-refractivity contribution in [2.45, 2.75) is 20.3 Å². The van der Waals surface area contributed by atoms with E-state index in [1.165, 1.54) is 12.2 Å². The summed E-state index contributed by atoms with van der Waals surface area (Å²) in [7, 11) is 0. The van der Waals surface area contributed by atoms with Crippen LogP contribution in [0.1, 0.15) is 29.3 Å². The third kappa shape index (κ3) is 5.44. The lowest BCUT2D eigenvalue weighted by molar-refractivity contribution is 0.0522. The van der Waals surface area contributed by atoms with Gasteiger partial charge in [-0.15, -0.1) is 0 Å². The Labute approximate surface area is 135 Å². The molecule has 23 heavy (non-hydrogen) atoms. The number of aryl methyl sites for hydroxylation is 1. The number of nitrogens with zero attached hydrogens (tertiary/aromatic N) is 1. The van der Waals surface area contributed by atoms with Crippen molar-refractivity contribution in [2.24, 2.45) is 0 Å². The van der Waals surface area contributed by atoms with Crippen LogP contribution < -0.4 is 4.74 Å². The summed E-state index contributed by atoms with van der Waals surface area (Å²) in [5.74, 6) is -1.29. The van der Waals surface area contributed by atoms with E-state index in [0.29, 0.717) is 5.56 Å². The Kier molecular flexibility index (Phi) is 7.28. The third-order valence-electron chi connectivity index (χ3n) is 2.80. The smallest absolute Gasteiger partial charge is 0.342 e. The molecule has 0 heterocycles. The van der Waals surface area contributed by atoms with Crippen molar-refractivity contribution < 1.29 is 18.7 Å². The zero-order valence-corrected chi connectivity index (χ0v) is 13.1. The van der Waals surface area contributed by atoms with Gasteiger partial charge in [-0.2, -0.15) is 5.26 Å². The molecule has 0 N–H and O–H groups in total. The van der Waals surface area contributed by atoms with Gasteiger partial charge in [-0.25, -0.2) is 9.18 Å². The van der Waals surface area contributed by atoms with E-state index >= 15 is 0 Å². The molecule has 0 saturated heterocycles. The number of halogens is 1. The molecule has 120 valence electrons.